The molecule has 0 bridgehead atoms. The second-order valence-corrected chi connectivity index (χ2v) is 19.9. The van der Waals surface area contributed by atoms with E-state index in [2.05, 4.69) is 262 Å². The molecule has 0 spiro atoms. The van der Waals surface area contributed by atoms with Crippen LogP contribution in [0.2, 0.25) is 0 Å². The summed E-state index contributed by atoms with van der Waals surface area (Å²) in [6, 6.07) is 88.0. The largest absolute Gasteiger partial charge is 0.457 e. The van der Waals surface area contributed by atoms with Crippen molar-refractivity contribution in [1.82, 2.24) is 9.13 Å². The van der Waals surface area contributed by atoms with Gasteiger partial charge in [-0.05, 0) is 118 Å². The highest BCUT2D eigenvalue weighted by atomic mass is 16.5. The summed E-state index contributed by atoms with van der Waals surface area (Å²) in [7, 11) is 0. The van der Waals surface area contributed by atoms with Crippen molar-refractivity contribution in [3.8, 4) is 34.4 Å². The first-order valence-electron chi connectivity index (χ1n) is 25.5. The molecule has 0 fully saturated rings. The van der Waals surface area contributed by atoms with Gasteiger partial charge in [0.25, 0.3) is 13.4 Å². The zero-order chi connectivity index (χ0) is 48.2. The van der Waals surface area contributed by atoms with Crippen LogP contribution in [-0.2, 0) is 0 Å². The van der Waals surface area contributed by atoms with Gasteiger partial charge in [0.1, 0.15) is 23.0 Å². The number of anilines is 6. The van der Waals surface area contributed by atoms with E-state index in [1.165, 1.54) is 10.9 Å². The molecule has 0 saturated carbocycles. The molecule has 8 heteroatoms. The molecule has 0 N–H and O–H groups in total. The normalized spacial score (nSPS) is 13.5. The van der Waals surface area contributed by atoms with Crippen molar-refractivity contribution in [1.29, 1.82) is 0 Å². The third-order valence-corrected chi connectivity index (χ3v) is 16.1. The molecular formula is C66H40B2N4O2. The molecule has 0 saturated heterocycles. The molecule has 13 aromatic rings. The number of rotatable bonds is 4. The van der Waals surface area contributed by atoms with E-state index in [0.29, 0.717) is 0 Å². The topological polar surface area (TPSA) is 34.8 Å². The Hall–Kier alpha value is -9.65. The molecule has 2 aromatic heterocycles. The Balaban J connectivity index is 0.977. The van der Waals surface area contributed by atoms with E-state index < -0.39 is 0 Å². The average molecular weight is 943 g/mol. The maximum Gasteiger partial charge on any atom is 0.256 e. The van der Waals surface area contributed by atoms with Gasteiger partial charge < -0.3 is 28.4 Å². The van der Waals surface area contributed by atoms with Crippen LogP contribution in [0.15, 0.2) is 243 Å². The Morgan fingerprint density at radius 2 is 0.649 bits per heavy atom. The Bertz CT molecular complexity index is 4230. The zero-order valence-electron chi connectivity index (χ0n) is 39.9. The third-order valence-electron chi connectivity index (χ3n) is 16.1. The summed E-state index contributed by atoms with van der Waals surface area (Å²) >= 11 is 0. The summed E-state index contributed by atoms with van der Waals surface area (Å²) in [5.41, 5.74) is 20.4. The number of fused-ring (bicyclic) bond motifs is 16. The smallest absolute Gasteiger partial charge is 0.256 e. The fourth-order valence-corrected chi connectivity index (χ4v) is 13.3. The van der Waals surface area contributed by atoms with Crippen molar-refractivity contribution in [2.24, 2.45) is 0 Å². The minimum atomic E-state index is -0.153. The molecule has 11 aromatic carbocycles. The molecule has 0 amide bonds. The standard InChI is InChI=1S/C66H40B2N4O2/c1-5-21-41(22-6-1)69-51-33-17-13-29-45(51)61-55(69)38-57-63-65(61)73-59-40-60-50(37-49(59)67(63)47-31-15-19-35-53(47)71(57)43-25-9-3-10-26-43)68-48-32-16-20-36-54(48)72(44-27-11-4-12-28-44)58-39-56-62(66(74-60)64(58)68)46-30-14-18-34-52(46)70(56)42-23-7-2-8-24-42/h1-40H. The SMILES string of the molecule is c1ccc(N2c3ccccc3B3c4cc5c(cc4Oc4c3c2cc2c4c3ccccc3n2-c2ccccc2)Oc2c3c(cc4c2c2ccccc2n4-c2ccccc2)N(c2ccccc2)c2ccccc2B53)cc1. The Labute approximate surface area is 427 Å². The third kappa shape index (κ3) is 5.30. The second-order valence-electron chi connectivity index (χ2n) is 19.9. The lowest BCUT2D eigenvalue weighted by Crippen LogP contribution is -2.63. The van der Waals surface area contributed by atoms with E-state index in [0.717, 1.165) is 134 Å². The molecular weight excluding hydrogens is 902 g/mol. The van der Waals surface area contributed by atoms with Gasteiger partial charge in [-0.25, -0.2) is 0 Å². The summed E-state index contributed by atoms with van der Waals surface area (Å²) < 4.78 is 20.2. The average Bonchev–Trinajstić information content (AvgIpc) is 4.09. The fourth-order valence-electron chi connectivity index (χ4n) is 13.3. The number of nitrogens with zero attached hydrogens (tertiary/aromatic N) is 4. The van der Waals surface area contributed by atoms with Crippen molar-refractivity contribution in [3.05, 3.63) is 243 Å². The molecule has 4 aliphatic heterocycles. The number of benzene rings is 11. The van der Waals surface area contributed by atoms with E-state index in [9.17, 15) is 0 Å². The first kappa shape index (κ1) is 40.0. The molecule has 0 aliphatic carbocycles. The predicted octanol–water partition coefficient (Wildman–Crippen LogP) is 12.7. The van der Waals surface area contributed by atoms with Gasteiger partial charge in [0.2, 0.25) is 0 Å². The minimum absolute atomic E-state index is 0.153. The molecule has 0 unspecified atom stereocenters. The highest BCUT2D eigenvalue weighted by Crippen LogP contribution is 2.51. The van der Waals surface area contributed by atoms with Gasteiger partial charge in [-0.1, -0.05) is 152 Å². The maximum absolute atomic E-state index is 7.69. The number of hydrogen-bond acceptors (Lipinski definition) is 4. The van der Waals surface area contributed by atoms with E-state index in [1.807, 2.05) is 0 Å². The summed E-state index contributed by atoms with van der Waals surface area (Å²) in [4.78, 5) is 4.89. The van der Waals surface area contributed by atoms with Crippen molar-refractivity contribution >= 4 is 124 Å². The van der Waals surface area contributed by atoms with Crippen LogP contribution in [0.4, 0.5) is 34.1 Å². The van der Waals surface area contributed by atoms with Crippen molar-refractivity contribution in [2.45, 2.75) is 0 Å². The molecule has 74 heavy (non-hydrogen) atoms. The van der Waals surface area contributed by atoms with Gasteiger partial charge in [0.15, 0.2) is 0 Å². The Morgan fingerprint density at radius 1 is 0.284 bits per heavy atom. The van der Waals surface area contributed by atoms with Crippen molar-refractivity contribution in [3.63, 3.8) is 0 Å². The van der Waals surface area contributed by atoms with Crippen LogP contribution in [0.3, 0.4) is 0 Å². The van der Waals surface area contributed by atoms with Crippen LogP contribution in [0.1, 0.15) is 0 Å². The highest BCUT2D eigenvalue weighted by molar-refractivity contribution is 7.02. The predicted molar refractivity (Wildman–Crippen MR) is 307 cm³/mol. The molecule has 4 aliphatic rings. The fraction of sp³-hybridized carbons (Fsp3) is 0. The van der Waals surface area contributed by atoms with E-state index in [1.54, 1.807) is 0 Å². The Kier molecular flexibility index (Phi) is 8.08. The second kappa shape index (κ2) is 14.9. The first-order valence-corrected chi connectivity index (χ1v) is 25.5. The highest BCUT2D eigenvalue weighted by Gasteiger charge is 2.48. The van der Waals surface area contributed by atoms with Gasteiger partial charge in [-0.3, -0.25) is 0 Å². The van der Waals surface area contributed by atoms with E-state index >= 15 is 0 Å². The molecule has 0 atom stereocenters. The summed E-state index contributed by atoms with van der Waals surface area (Å²) in [5.74, 6) is 3.36. The van der Waals surface area contributed by atoms with Gasteiger partial charge in [0, 0.05) is 62.3 Å². The summed E-state index contributed by atoms with van der Waals surface area (Å²) in [5, 5.41) is 4.48. The van der Waals surface area contributed by atoms with Crippen LogP contribution < -0.4 is 52.1 Å². The maximum atomic E-state index is 7.69. The first-order chi connectivity index (χ1) is 36.8. The van der Waals surface area contributed by atoms with E-state index in [4.69, 9.17) is 9.47 Å². The number of ether oxygens (including phenoxy) is 2. The lowest BCUT2D eigenvalue weighted by molar-refractivity contribution is 0.471. The molecule has 6 heterocycles. The summed E-state index contributed by atoms with van der Waals surface area (Å²) in [6.07, 6.45) is 0. The van der Waals surface area contributed by atoms with Crippen molar-refractivity contribution in [2.75, 3.05) is 9.80 Å². The minimum Gasteiger partial charge on any atom is -0.457 e. The Morgan fingerprint density at radius 3 is 1.08 bits per heavy atom. The van der Waals surface area contributed by atoms with Crippen LogP contribution in [0, 0.1) is 0 Å². The number of aromatic nitrogens is 2. The van der Waals surface area contributed by atoms with Gasteiger partial charge in [0.05, 0.1) is 32.8 Å². The van der Waals surface area contributed by atoms with Crippen LogP contribution in [0.25, 0.3) is 55.0 Å². The van der Waals surface area contributed by atoms with Gasteiger partial charge in [-0.2, -0.15) is 0 Å². The van der Waals surface area contributed by atoms with E-state index in [-0.39, 0.29) is 13.4 Å². The molecule has 6 nitrogen and oxygen atoms in total. The van der Waals surface area contributed by atoms with Crippen LogP contribution in [0.5, 0.6) is 23.0 Å². The number of para-hydroxylation sites is 8. The van der Waals surface area contributed by atoms with Crippen LogP contribution >= 0.6 is 0 Å². The lowest BCUT2D eigenvalue weighted by atomic mass is 9.31. The monoisotopic (exact) mass is 942 g/mol. The van der Waals surface area contributed by atoms with Gasteiger partial charge in [-0.15, -0.1) is 0 Å². The molecule has 17 rings (SSSR count). The quantitative estimate of drug-likeness (QED) is 0.165. The molecule has 0 radical (unpaired) electrons. The zero-order valence-corrected chi connectivity index (χ0v) is 39.9. The van der Waals surface area contributed by atoms with Crippen molar-refractivity contribution < 1.29 is 9.47 Å². The summed E-state index contributed by atoms with van der Waals surface area (Å²) in [6.45, 7) is -0.305. The van der Waals surface area contributed by atoms with Crippen LogP contribution in [-0.4, -0.2) is 22.6 Å². The van der Waals surface area contributed by atoms with Gasteiger partial charge >= 0.3 is 0 Å². The number of hydrogen-bond donors (Lipinski definition) is 0. The lowest BCUT2D eigenvalue weighted by Gasteiger charge is -2.42. The molecule has 342 valence electrons.